The fourth-order valence-corrected chi connectivity index (χ4v) is 4.88. The van der Waals surface area contributed by atoms with Gasteiger partial charge >= 0.3 is 0 Å². The first-order valence-corrected chi connectivity index (χ1v) is 9.70. The van der Waals surface area contributed by atoms with Gasteiger partial charge in [0.05, 0.1) is 5.39 Å². The summed E-state index contributed by atoms with van der Waals surface area (Å²) in [5.74, 6) is 1.94. The number of aryl methyl sites for hydroxylation is 2. The van der Waals surface area contributed by atoms with Crippen LogP contribution in [0.4, 0.5) is 11.8 Å². The predicted molar refractivity (Wildman–Crippen MR) is 97.9 cm³/mol. The standard InChI is InChI=1S/C17H25N5S/c1-2-19-15-14-12-6-4-3-5-7-13(12)23-16(14)21-17(20-15)22-10-8-18-9-11-22/h18H,2-11H2,1H3,(H,19,20,21). The summed E-state index contributed by atoms with van der Waals surface area (Å²) in [7, 11) is 0. The molecule has 1 saturated heterocycles. The van der Waals surface area contributed by atoms with Crippen LogP contribution in [0, 0.1) is 0 Å². The molecule has 2 aromatic rings. The molecule has 2 aromatic heterocycles. The first-order chi connectivity index (χ1) is 11.4. The Balaban J connectivity index is 1.82. The number of thiophene rings is 1. The third-order valence-corrected chi connectivity index (χ3v) is 5.98. The Morgan fingerprint density at radius 2 is 1.96 bits per heavy atom. The molecule has 1 fully saturated rings. The van der Waals surface area contributed by atoms with Gasteiger partial charge < -0.3 is 15.5 Å². The van der Waals surface area contributed by atoms with Crippen LogP contribution in [-0.2, 0) is 12.8 Å². The summed E-state index contributed by atoms with van der Waals surface area (Å²) in [6.07, 6.45) is 6.35. The molecule has 1 aliphatic carbocycles. The van der Waals surface area contributed by atoms with E-state index in [0.717, 1.165) is 44.5 Å². The van der Waals surface area contributed by atoms with Crippen LogP contribution in [0.2, 0.25) is 0 Å². The molecule has 2 aliphatic rings. The van der Waals surface area contributed by atoms with Gasteiger partial charge in [-0.05, 0) is 38.2 Å². The van der Waals surface area contributed by atoms with Crippen LogP contribution in [0.15, 0.2) is 0 Å². The Morgan fingerprint density at radius 1 is 1.13 bits per heavy atom. The quantitative estimate of drug-likeness (QED) is 0.847. The van der Waals surface area contributed by atoms with Crippen LogP contribution in [-0.4, -0.2) is 42.7 Å². The van der Waals surface area contributed by atoms with E-state index in [2.05, 4.69) is 22.5 Å². The number of nitrogens with one attached hydrogen (secondary N) is 2. The van der Waals surface area contributed by atoms with Crippen molar-refractivity contribution in [2.45, 2.75) is 39.0 Å². The van der Waals surface area contributed by atoms with Crippen molar-refractivity contribution in [3.63, 3.8) is 0 Å². The number of piperazine rings is 1. The minimum Gasteiger partial charge on any atom is -0.370 e. The summed E-state index contributed by atoms with van der Waals surface area (Å²) in [4.78, 5) is 14.9. The van der Waals surface area contributed by atoms with Crippen LogP contribution < -0.4 is 15.5 Å². The Morgan fingerprint density at radius 3 is 2.78 bits per heavy atom. The van der Waals surface area contributed by atoms with Crippen LogP contribution >= 0.6 is 11.3 Å². The molecule has 0 unspecified atom stereocenters. The average molecular weight is 331 g/mol. The number of rotatable bonds is 3. The number of anilines is 2. The molecule has 0 spiro atoms. The van der Waals surface area contributed by atoms with E-state index >= 15 is 0 Å². The summed E-state index contributed by atoms with van der Waals surface area (Å²) in [6.45, 7) is 7.04. The number of aromatic nitrogens is 2. The maximum atomic E-state index is 4.94. The second kappa shape index (κ2) is 6.61. The molecule has 0 saturated carbocycles. The Hall–Kier alpha value is -1.40. The zero-order valence-electron chi connectivity index (χ0n) is 13.8. The summed E-state index contributed by atoms with van der Waals surface area (Å²) in [6, 6.07) is 0. The summed E-state index contributed by atoms with van der Waals surface area (Å²) >= 11 is 1.90. The van der Waals surface area contributed by atoms with E-state index in [1.165, 1.54) is 47.9 Å². The Labute approximate surface area is 141 Å². The van der Waals surface area contributed by atoms with Gasteiger partial charge in [-0.2, -0.15) is 4.98 Å². The molecule has 0 aromatic carbocycles. The van der Waals surface area contributed by atoms with Gasteiger partial charge in [-0.1, -0.05) is 6.42 Å². The maximum absolute atomic E-state index is 4.94. The first kappa shape index (κ1) is 15.1. The summed E-state index contributed by atoms with van der Waals surface area (Å²) < 4.78 is 0. The lowest BCUT2D eigenvalue weighted by atomic mass is 10.1. The second-order valence-electron chi connectivity index (χ2n) is 6.38. The second-order valence-corrected chi connectivity index (χ2v) is 7.47. The summed E-state index contributed by atoms with van der Waals surface area (Å²) in [5.41, 5.74) is 1.52. The molecule has 0 amide bonds. The van der Waals surface area contributed by atoms with Crippen LogP contribution in [0.5, 0.6) is 0 Å². The Kier molecular flexibility index (Phi) is 4.35. The molecule has 5 nitrogen and oxygen atoms in total. The van der Waals surface area contributed by atoms with E-state index in [4.69, 9.17) is 9.97 Å². The van der Waals surface area contributed by atoms with Crippen molar-refractivity contribution in [1.82, 2.24) is 15.3 Å². The number of nitrogens with zero attached hydrogens (tertiary/aromatic N) is 3. The molecule has 6 heteroatoms. The summed E-state index contributed by atoms with van der Waals surface area (Å²) in [5, 5.41) is 8.20. The van der Waals surface area contributed by atoms with Crippen molar-refractivity contribution >= 4 is 33.3 Å². The lowest BCUT2D eigenvalue weighted by Gasteiger charge is -2.27. The van der Waals surface area contributed by atoms with Crippen molar-refractivity contribution in [3.05, 3.63) is 10.4 Å². The molecule has 1 aliphatic heterocycles. The van der Waals surface area contributed by atoms with Gasteiger partial charge in [-0.15, -0.1) is 11.3 Å². The number of hydrogen-bond acceptors (Lipinski definition) is 6. The number of hydrogen-bond donors (Lipinski definition) is 2. The third-order valence-electron chi connectivity index (χ3n) is 4.80. The van der Waals surface area contributed by atoms with E-state index in [1.807, 2.05) is 11.3 Å². The van der Waals surface area contributed by atoms with E-state index in [0.29, 0.717) is 0 Å². The van der Waals surface area contributed by atoms with E-state index in [1.54, 1.807) is 4.88 Å². The van der Waals surface area contributed by atoms with Gasteiger partial charge in [0.2, 0.25) is 5.95 Å². The highest BCUT2D eigenvalue weighted by molar-refractivity contribution is 7.19. The molecule has 4 rings (SSSR count). The van der Waals surface area contributed by atoms with E-state index < -0.39 is 0 Å². The van der Waals surface area contributed by atoms with Gasteiger partial charge in [0.25, 0.3) is 0 Å². The van der Waals surface area contributed by atoms with Crippen LogP contribution in [0.25, 0.3) is 10.2 Å². The van der Waals surface area contributed by atoms with Crippen molar-refractivity contribution < 1.29 is 0 Å². The fraction of sp³-hybridized carbons (Fsp3) is 0.647. The molecule has 124 valence electrons. The largest absolute Gasteiger partial charge is 0.370 e. The Bertz CT molecular complexity index is 690. The van der Waals surface area contributed by atoms with Crippen LogP contribution in [0.1, 0.15) is 36.6 Å². The molecular weight excluding hydrogens is 306 g/mol. The number of fused-ring (bicyclic) bond motifs is 3. The molecule has 0 atom stereocenters. The van der Waals surface area contributed by atoms with Crippen LogP contribution in [0.3, 0.4) is 0 Å². The molecule has 23 heavy (non-hydrogen) atoms. The highest BCUT2D eigenvalue weighted by Gasteiger charge is 2.22. The van der Waals surface area contributed by atoms with Crippen molar-refractivity contribution in [3.8, 4) is 0 Å². The average Bonchev–Trinajstić information content (AvgIpc) is 2.78. The van der Waals surface area contributed by atoms with Crippen molar-refractivity contribution in [2.75, 3.05) is 42.9 Å². The SMILES string of the molecule is CCNc1nc(N2CCNCC2)nc2sc3c(c12)CCCCC3. The minimum atomic E-state index is 0.895. The molecular formula is C17H25N5S. The zero-order valence-corrected chi connectivity index (χ0v) is 14.6. The third kappa shape index (κ3) is 2.90. The zero-order chi connectivity index (χ0) is 15.6. The monoisotopic (exact) mass is 331 g/mol. The van der Waals surface area contributed by atoms with Crippen molar-refractivity contribution in [2.24, 2.45) is 0 Å². The van der Waals surface area contributed by atoms with Gasteiger partial charge in [0.1, 0.15) is 10.6 Å². The fourth-order valence-electron chi connectivity index (χ4n) is 3.62. The lowest BCUT2D eigenvalue weighted by molar-refractivity contribution is 0.581. The molecule has 3 heterocycles. The highest BCUT2D eigenvalue weighted by Crippen LogP contribution is 2.38. The lowest BCUT2D eigenvalue weighted by Crippen LogP contribution is -2.44. The molecule has 0 radical (unpaired) electrons. The predicted octanol–water partition coefficient (Wildman–Crippen LogP) is 2.80. The topological polar surface area (TPSA) is 53.1 Å². The smallest absolute Gasteiger partial charge is 0.228 e. The van der Waals surface area contributed by atoms with E-state index in [9.17, 15) is 0 Å². The molecule has 0 bridgehead atoms. The highest BCUT2D eigenvalue weighted by atomic mass is 32.1. The van der Waals surface area contributed by atoms with Gasteiger partial charge in [0, 0.05) is 37.6 Å². The van der Waals surface area contributed by atoms with Crippen molar-refractivity contribution in [1.29, 1.82) is 0 Å². The van der Waals surface area contributed by atoms with Gasteiger partial charge in [-0.25, -0.2) is 4.98 Å². The van der Waals surface area contributed by atoms with Gasteiger partial charge in [-0.3, -0.25) is 0 Å². The first-order valence-electron chi connectivity index (χ1n) is 8.88. The minimum absolute atomic E-state index is 0.895. The normalized spacial score (nSPS) is 18.7. The molecule has 2 N–H and O–H groups in total. The maximum Gasteiger partial charge on any atom is 0.228 e. The van der Waals surface area contributed by atoms with Gasteiger partial charge in [0.15, 0.2) is 0 Å². The van der Waals surface area contributed by atoms with E-state index in [-0.39, 0.29) is 0 Å².